The van der Waals surface area contributed by atoms with Crippen LogP contribution in [0.5, 0.6) is 0 Å². The molecule has 0 saturated heterocycles. The lowest BCUT2D eigenvalue weighted by atomic mass is 9.77. The molecule has 1 aliphatic carbocycles. The van der Waals surface area contributed by atoms with E-state index in [-0.39, 0.29) is 18.4 Å². The highest BCUT2D eigenvalue weighted by atomic mass is 35.5. The number of hydrogen-bond acceptors (Lipinski definition) is 4. The smallest absolute Gasteiger partial charge is 0.408 e. The molecule has 0 bridgehead atoms. The van der Waals surface area contributed by atoms with Crippen molar-refractivity contribution in [2.45, 2.75) is 52.5 Å². The monoisotopic (exact) mass is 471 g/mol. The zero-order valence-corrected chi connectivity index (χ0v) is 20.7. The summed E-state index contributed by atoms with van der Waals surface area (Å²) in [7, 11) is 0. The fourth-order valence-electron chi connectivity index (χ4n) is 4.20. The lowest BCUT2D eigenvalue weighted by Gasteiger charge is -2.37. The van der Waals surface area contributed by atoms with Crippen molar-refractivity contribution in [2.75, 3.05) is 29.9 Å². The fourth-order valence-corrected chi connectivity index (χ4v) is 4.46. The minimum Gasteiger partial charge on any atom is -0.449 e. The van der Waals surface area contributed by atoms with Crippen molar-refractivity contribution in [3.05, 3.63) is 58.6 Å². The third-order valence-corrected chi connectivity index (χ3v) is 6.45. The van der Waals surface area contributed by atoms with Crippen LogP contribution in [0.1, 0.15) is 45.2 Å². The van der Waals surface area contributed by atoms with Crippen LogP contribution in [0.3, 0.4) is 0 Å². The van der Waals surface area contributed by atoms with Crippen molar-refractivity contribution in [1.82, 2.24) is 5.32 Å². The van der Waals surface area contributed by atoms with E-state index in [0.717, 1.165) is 29.9 Å². The number of nitrogens with zero attached hydrogens (tertiary/aromatic N) is 1. The second kappa shape index (κ2) is 10.9. The normalized spacial score (nSPS) is 17.3. The summed E-state index contributed by atoms with van der Waals surface area (Å²) in [5.74, 6) is -0.0727. The molecule has 2 amide bonds. The number of halogens is 1. The lowest BCUT2D eigenvalue weighted by molar-refractivity contribution is -0.122. The van der Waals surface area contributed by atoms with E-state index in [1.165, 1.54) is 0 Å². The number of alkyl carbamates (subject to hydrolysis) is 1. The average molecular weight is 472 g/mol. The Hall–Kier alpha value is -2.73. The Kier molecular flexibility index (Phi) is 8.25. The van der Waals surface area contributed by atoms with Gasteiger partial charge in [0.25, 0.3) is 5.91 Å². The van der Waals surface area contributed by atoms with E-state index in [1.807, 2.05) is 56.3 Å². The average Bonchev–Trinajstić information content (AvgIpc) is 2.80. The summed E-state index contributed by atoms with van der Waals surface area (Å²) in [6, 6.07) is 13.5. The molecule has 0 aliphatic heterocycles. The molecule has 0 heterocycles. The summed E-state index contributed by atoms with van der Waals surface area (Å²) >= 11 is 6.47. The number of anilines is 2. The van der Waals surface area contributed by atoms with E-state index in [0.29, 0.717) is 30.0 Å². The summed E-state index contributed by atoms with van der Waals surface area (Å²) in [5, 5.41) is 6.49. The zero-order valence-electron chi connectivity index (χ0n) is 19.9. The number of fused-ring (bicyclic) bond motifs is 1. The maximum Gasteiger partial charge on any atom is 0.408 e. The highest BCUT2D eigenvalue weighted by Crippen LogP contribution is 2.34. The van der Waals surface area contributed by atoms with Gasteiger partial charge >= 0.3 is 6.09 Å². The van der Waals surface area contributed by atoms with Crippen molar-refractivity contribution >= 4 is 35.0 Å². The fraction of sp³-hybridized carbons (Fsp3) is 0.462. The van der Waals surface area contributed by atoms with Crippen LogP contribution in [0.4, 0.5) is 16.2 Å². The number of nitrogens with one attached hydrogen (secondary N) is 2. The van der Waals surface area contributed by atoms with Gasteiger partial charge in [0, 0.05) is 35.9 Å². The Morgan fingerprint density at radius 1 is 1.12 bits per heavy atom. The van der Waals surface area contributed by atoms with Crippen LogP contribution in [-0.2, 0) is 22.4 Å². The van der Waals surface area contributed by atoms with Gasteiger partial charge in [0.15, 0.2) is 0 Å². The first kappa shape index (κ1) is 24.9. The summed E-state index contributed by atoms with van der Waals surface area (Å²) in [6.45, 7) is 10.3. The van der Waals surface area contributed by atoms with Gasteiger partial charge in [0.1, 0.15) is 5.54 Å². The molecule has 7 heteroatoms. The van der Waals surface area contributed by atoms with Crippen molar-refractivity contribution in [3.63, 3.8) is 0 Å². The molecule has 0 saturated carbocycles. The molecule has 33 heavy (non-hydrogen) atoms. The van der Waals surface area contributed by atoms with Crippen molar-refractivity contribution in [3.8, 4) is 0 Å². The third-order valence-electron chi connectivity index (χ3n) is 6.09. The van der Waals surface area contributed by atoms with Crippen LogP contribution in [0.25, 0.3) is 0 Å². The number of amides is 2. The van der Waals surface area contributed by atoms with E-state index in [9.17, 15) is 9.59 Å². The molecule has 2 N–H and O–H groups in total. The van der Waals surface area contributed by atoms with Crippen LogP contribution in [-0.4, -0.2) is 37.2 Å². The van der Waals surface area contributed by atoms with Gasteiger partial charge in [-0.05, 0) is 74.1 Å². The van der Waals surface area contributed by atoms with Crippen LogP contribution in [0.15, 0.2) is 42.5 Å². The van der Waals surface area contributed by atoms with E-state index < -0.39 is 11.6 Å². The molecule has 0 radical (unpaired) electrons. The standard InChI is InChI=1S/C26H34ClN3O3/c1-5-30(6-2)21-12-10-20(11-13-21)28-24(31)26(29-25(32)33-17-18(3)4)15-14-19-8-7-9-23(27)22(19)16-26/h7-13,18H,5-6,14-17H2,1-4H3,(H,28,31)(H,29,32)/t26-/m1/s1. The number of rotatable bonds is 8. The zero-order chi connectivity index (χ0) is 24.0. The molecule has 1 atom stereocenters. The van der Waals surface area contributed by atoms with E-state index in [4.69, 9.17) is 16.3 Å². The van der Waals surface area contributed by atoms with Gasteiger partial charge in [-0.15, -0.1) is 0 Å². The van der Waals surface area contributed by atoms with Gasteiger partial charge in [-0.25, -0.2) is 4.79 Å². The third kappa shape index (κ3) is 5.99. The van der Waals surface area contributed by atoms with Crippen LogP contribution >= 0.6 is 11.6 Å². The molecule has 0 fully saturated rings. The van der Waals surface area contributed by atoms with E-state index in [2.05, 4.69) is 29.4 Å². The Morgan fingerprint density at radius 3 is 2.45 bits per heavy atom. The maximum absolute atomic E-state index is 13.6. The van der Waals surface area contributed by atoms with E-state index in [1.54, 1.807) is 0 Å². The molecule has 1 aliphatic rings. The SMILES string of the molecule is CCN(CC)c1ccc(NC(=O)[C@@]2(NC(=O)OCC(C)C)CCc3cccc(Cl)c3C2)cc1. The van der Waals surface area contributed by atoms with Gasteiger partial charge in [0.05, 0.1) is 6.61 Å². The number of benzene rings is 2. The molecule has 0 aromatic heterocycles. The van der Waals surface area contributed by atoms with Gasteiger partial charge in [-0.2, -0.15) is 0 Å². The first-order valence-electron chi connectivity index (χ1n) is 11.7. The van der Waals surface area contributed by atoms with Gasteiger partial charge < -0.3 is 20.3 Å². The summed E-state index contributed by atoms with van der Waals surface area (Å²) < 4.78 is 5.35. The van der Waals surface area contributed by atoms with Crippen molar-refractivity contribution in [1.29, 1.82) is 0 Å². The largest absolute Gasteiger partial charge is 0.449 e. The van der Waals surface area contributed by atoms with E-state index >= 15 is 0 Å². The van der Waals surface area contributed by atoms with Gasteiger partial charge in [-0.1, -0.05) is 37.6 Å². The minimum absolute atomic E-state index is 0.200. The van der Waals surface area contributed by atoms with Crippen LogP contribution in [0.2, 0.25) is 5.02 Å². The first-order valence-corrected chi connectivity index (χ1v) is 12.0. The first-order chi connectivity index (χ1) is 15.8. The number of carbonyl (C=O) groups is 2. The molecular formula is C26H34ClN3O3. The van der Waals surface area contributed by atoms with Gasteiger partial charge in [0.2, 0.25) is 0 Å². The Morgan fingerprint density at radius 2 is 1.82 bits per heavy atom. The number of hydrogen-bond donors (Lipinski definition) is 2. The second-order valence-corrected chi connectivity index (χ2v) is 9.33. The summed E-state index contributed by atoms with van der Waals surface area (Å²) in [4.78, 5) is 28.4. The molecule has 6 nitrogen and oxygen atoms in total. The Labute approximate surface area is 201 Å². The molecular weight excluding hydrogens is 438 g/mol. The number of aryl methyl sites for hydroxylation is 1. The number of ether oxygens (including phenoxy) is 1. The molecule has 3 rings (SSSR count). The van der Waals surface area contributed by atoms with Crippen molar-refractivity contribution < 1.29 is 14.3 Å². The Bertz CT molecular complexity index is 973. The predicted molar refractivity (Wildman–Crippen MR) is 134 cm³/mol. The van der Waals surface area contributed by atoms with Gasteiger partial charge in [-0.3, -0.25) is 4.79 Å². The highest BCUT2D eigenvalue weighted by molar-refractivity contribution is 6.31. The summed E-state index contributed by atoms with van der Waals surface area (Å²) in [6.07, 6.45) is 0.809. The molecule has 2 aromatic rings. The maximum atomic E-state index is 13.6. The molecule has 0 unspecified atom stereocenters. The molecule has 0 spiro atoms. The lowest BCUT2D eigenvalue weighted by Crippen LogP contribution is -2.60. The Balaban J connectivity index is 1.84. The summed E-state index contributed by atoms with van der Waals surface area (Å²) in [5.41, 5.74) is 2.62. The van der Waals surface area contributed by atoms with Crippen molar-refractivity contribution in [2.24, 2.45) is 5.92 Å². The highest BCUT2D eigenvalue weighted by Gasteiger charge is 2.44. The molecule has 2 aromatic carbocycles. The van der Waals surface area contributed by atoms with Crippen LogP contribution in [0, 0.1) is 5.92 Å². The number of carbonyl (C=O) groups excluding carboxylic acids is 2. The molecule has 178 valence electrons. The topological polar surface area (TPSA) is 70.7 Å². The minimum atomic E-state index is -1.15. The predicted octanol–water partition coefficient (Wildman–Crippen LogP) is 5.43. The quantitative estimate of drug-likeness (QED) is 0.538. The second-order valence-electron chi connectivity index (χ2n) is 8.93. The van der Waals surface area contributed by atoms with Crippen LogP contribution < -0.4 is 15.5 Å².